The normalized spacial score (nSPS) is 10.7. The first-order chi connectivity index (χ1) is 18.5. The zero-order valence-electron chi connectivity index (χ0n) is 20.0. The average molecular weight is 524 g/mol. The third-order valence-corrected chi connectivity index (χ3v) is 5.95. The first-order valence-corrected chi connectivity index (χ1v) is 12.0. The predicted molar refractivity (Wildman–Crippen MR) is 146 cm³/mol. The van der Waals surface area contributed by atoms with Crippen LogP contribution in [0.3, 0.4) is 0 Å². The van der Waals surface area contributed by atoms with Crippen molar-refractivity contribution in [2.24, 2.45) is 0 Å². The summed E-state index contributed by atoms with van der Waals surface area (Å²) in [5, 5.41) is 10.4. The third kappa shape index (κ3) is 5.53. The van der Waals surface area contributed by atoms with Crippen molar-refractivity contribution < 1.29 is 9.59 Å². The van der Waals surface area contributed by atoms with E-state index >= 15 is 0 Å². The maximum absolute atomic E-state index is 13.4. The van der Waals surface area contributed by atoms with Gasteiger partial charge in [0.2, 0.25) is 0 Å². The summed E-state index contributed by atoms with van der Waals surface area (Å²) in [4.78, 5) is 34.8. The third-order valence-electron chi connectivity index (χ3n) is 5.62. The number of pyridine rings is 2. The Kier molecular flexibility index (Phi) is 7.10. The molecule has 10 heteroatoms. The van der Waals surface area contributed by atoms with Crippen LogP contribution in [0.1, 0.15) is 26.5 Å². The Morgan fingerprint density at radius 1 is 0.895 bits per heavy atom. The summed E-state index contributed by atoms with van der Waals surface area (Å²) in [6, 6.07) is 26.4. The molecular weight excluding hydrogens is 502 g/mol. The van der Waals surface area contributed by atoms with Crippen molar-refractivity contribution in [2.75, 3.05) is 11.1 Å². The second-order valence-electron chi connectivity index (χ2n) is 8.26. The fourth-order valence-electron chi connectivity index (χ4n) is 3.77. The molecule has 0 spiro atoms. The summed E-state index contributed by atoms with van der Waals surface area (Å²) in [5.74, 6) is -0.219. The van der Waals surface area contributed by atoms with Gasteiger partial charge in [0.1, 0.15) is 11.6 Å². The highest BCUT2D eigenvalue weighted by Crippen LogP contribution is 2.26. The van der Waals surface area contributed by atoms with Crippen molar-refractivity contribution in [3.63, 3.8) is 0 Å². The first kappa shape index (κ1) is 24.7. The van der Waals surface area contributed by atoms with Gasteiger partial charge in [-0.05, 0) is 48.5 Å². The number of benzene rings is 2. The Labute approximate surface area is 223 Å². The molecule has 0 aliphatic carbocycles. The molecule has 3 aromatic heterocycles. The number of para-hydroxylation sites is 1. The lowest BCUT2D eigenvalue weighted by molar-refractivity contribution is 0.0944. The number of rotatable bonds is 7. The molecule has 0 radical (unpaired) electrons. The molecular formula is C28H22ClN7O2. The number of halogens is 1. The lowest BCUT2D eigenvalue weighted by Crippen LogP contribution is -2.23. The summed E-state index contributed by atoms with van der Waals surface area (Å²) in [5.41, 5.74) is 8.84. The molecule has 4 N–H and O–H groups in total. The monoisotopic (exact) mass is 523 g/mol. The number of nitrogens with zero attached hydrogens (tertiary/aromatic N) is 4. The van der Waals surface area contributed by atoms with Crippen LogP contribution in [0.15, 0.2) is 97.2 Å². The van der Waals surface area contributed by atoms with E-state index in [1.165, 1.54) is 10.7 Å². The molecule has 0 unspecified atom stereocenters. The second kappa shape index (κ2) is 10.9. The average Bonchev–Trinajstić information content (AvgIpc) is 3.37. The Bertz CT molecular complexity index is 1600. The van der Waals surface area contributed by atoms with Gasteiger partial charge in [0.15, 0.2) is 5.69 Å². The summed E-state index contributed by atoms with van der Waals surface area (Å²) >= 11 is 6.39. The Hall–Kier alpha value is -5.02. The zero-order chi connectivity index (χ0) is 26.5. The Balaban J connectivity index is 1.43. The number of carbonyl (C=O) groups excluding carboxylic acids is 2. The van der Waals surface area contributed by atoms with E-state index < -0.39 is 11.8 Å². The van der Waals surface area contributed by atoms with E-state index in [0.717, 1.165) is 0 Å². The van der Waals surface area contributed by atoms with Crippen LogP contribution in [0.4, 0.5) is 11.6 Å². The number of nitrogens with one attached hydrogen (secondary N) is 2. The van der Waals surface area contributed by atoms with Gasteiger partial charge in [0.05, 0.1) is 34.2 Å². The van der Waals surface area contributed by atoms with Crippen molar-refractivity contribution in [3.8, 4) is 16.9 Å². The van der Waals surface area contributed by atoms with Crippen LogP contribution >= 0.6 is 11.6 Å². The SMILES string of the molecule is Nc1cccc(-c2ccc(Cl)c(C(=O)Nc3cc(C(=O)NCc4ccccn4)nn3-c3ccccc3)c2)n1. The van der Waals surface area contributed by atoms with Gasteiger partial charge in [-0.3, -0.25) is 14.6 Å². The van der Waals surface area contributed by atoms with E-state index in [-0.39, 0.29) is 22.8 Å². The smallest absolute Gasteiger partial charge is 0.272 e. The van der Waals surface area contributed by atoms with Gasteiger partial charge in [0, 0.05) is 17.8 Å². The van der Waals surface area contributed by atoms with Crippen molar-refractivity contribution in [1.29, 1.82) is 0 Å². The number of nitrogens with two attached hydrogens (primary N) is 1. The van der Waals surface area contributed by atoms with Gasteiger partial charge in [-0.1, -0.05) is 48.0 Å². The van der Waals surface area contributed by atoms with E-state index in [1.54, 1.807) is 48.7 Å². The molecule has 2 amide bonds. The minimum absolute atomic E-state index is 0.129. The quantitative estimate of drug-likeness (QED) is 0.282. The molecule has 0 bridgehead atoms. The number of carbonyl (C=O) groups is 2. The van der Waals surface area contributed by atoms with E-state index in [4.69, 9.17) is 17.3 Å². The number of hydrogen-bond donors (Lipinski definition) is 3. The van der Waals surface area contributed by atoms with Crippen molar-refractivity contribution in [3.05, 3.63) is 119 Å². The molecule has 5 aromatic rings. The van der Waals surface area contributed by atoms with Gasteiger partial charge >= 0.3 is 0 Å². The topological polar surface area (TPSA) is 128 Å². The summed E-state index contributed by atoms with van der Waals surface area (Å²) < 4.78 is 1.49. The zero-order valence-corrected chi connectivity index (χ0v) is 20.8. The van der Waals surface area contributed by atoms with Gasteiger partial charge < -0.3 is 16.4 Å². The molecule has 5 rings (SSSR count). The molecule has 2 aromatic carbocycles. The number of aromatic nitrogens is 4. The summed E-state index contributed by atoms with van der Waals surface area (Å²) in [6.45, 7) is 0.236. The fraction of sp³-hybridized carbons (Fsp3) is 0.0357. The Morgan fingerprint density at radius 3 is 2.47 bits per heavy atom. The summed E-state index contributed by atoms with van der Waals surface area (Å²) in [6.07, 6.45) is 1.65. The molecule has 0 aliphatic heterocycles. The molecule has 9 nitrogen and oxygen atoms in total. The standard InChI is InChI=1S/C28H22ClN7O2/c29-22-13-12-18(23-10-6-11-25(30)33-23)15-21(22)27(37)34-26-16-24(35-36(26)20-8-2-1-3-9-20)28(38)32-17-19-7-4-5-14-31-19/h1-16H,17H2,(H2,30,33)(H,32,38)(H,34,37). The van der Waals surface area contributed by atoms with Crippen LogP contribution in [-0.2, 0) is 6.54 Å². The molecule has 3 heterocycles. The van der Waals surface area contributed by atoms with Crippen LogP contribution in [0.25, 0.3) is 16.9 Å². The van der Waals surface area contributed by atoms with E-state index in [2.05, 4.69) is 25.7 Å². The van der Waals surface area contributed by atoms with Crippen molar-refractivity contribution in [1.82, 2.24) is 25.1 Å². The number of hydrogen-bond acceptors (Lipinski definition) is 6. The number of anilines is 2. The molecule has 0 fully saturated rings. The van der Waals surface area contributed by atoms with E-state index in [1.807, 2.05) is 42.5 Å². The largest absolute Gasteiger partial charge is 0.384 e. The van der Waals surface area contributed by atoms with Crippen LogP contribution in [0, 0.1) is 0 Å². The Morgan fingerprint density at radius 2 is 1.71 bits per heavy atom. The van der Waals surface area contributed by atoms with Gasteiger partial charge in [-0.25, -0.2) is 9.67 Å². The van der Waals surface area contributed by atoms with Gasteiger partial charge in [-0.2, -0.15) is 5.10 Å². The highest BCUT2D eigenvalue weighted by atomic mass is 35.5. The maximum atomic E-state index is 13.4. The van der Waals surface area contributed by atoms with Gasteiger partial charge in [0.25, 0.3) is 11.8 Å². The molecule has 38 heavy (non-hydrogen) atoms. The number of nitrogen functional groups attached to an aromatic ring is 1. The van der Waals surface area contributed by atoms with Crippen molar-refractivity contribution >= 4 is 35.1 Å². The lowest BCUT2D eigenvalue weighted by Gasteiger charge is -2.11. The number of amides is 2. The first-order valence-electron chi connectivity index (χ1n) is 11.7. The minimum Gasteiger partial charge on any atom is -0.384 e. The lowest BCUT2D eigenvalue weighted by atomic mass is 10.1. The van der Waals surface area contributed by atoms with Crippen molar-refractivity contribution in [2.45, 2.75) is 6.54 Å². The van der Waals surface area contributed by atoms with Crippen LogP contribution in [0.2, 0.25) is 5.02 Å². The maximum Gasteiger partial charge on any atom is 0.272 e. The van der Waals surface area contributed by atoms with E-state index in [0.29, 0.717) is 34.3 Å². The molecule has 188 valence electrons. The highest BCUT2D eigenvalue weighted by molar-refractivity contribution is 6.34. The van der Waals surface area contributed by atoms with Crippen LogP contribution in [0.5, 0.6) is 0 Å². The predicted octanol–water partition coefficient (Wildman–Crippen LogP) is 4.75. The van der Waals surface area contributed by atoms with Crippen LogP contribution < -0.4 is 16.4 Å². The van der Waals surface area contributed by atoms with E-state index in [9.17, 15) is 9.59 Å². The van der Waals surface area contributed by atoms with Crippen LogP contribution in [-0.4, -0.2) is 31.6 Å². The second-order valence-corrected chi connectivity index (χ2v) is 8.67. The fourth-order valence-corrected chi connectivity index (χ4v) is 3.97. The molecule has 0 saturated heterocycles. The molecule has 0 aliphatic rings. The summed E-state index contributed by atoms with van der Waals surface area (Å²) in [7, 11) is 0. The molecule has 0 saturated carbocycles. The highest BCUT2D eigenvalue weighted by Gasteiger charge is 2.20. The minimum atomic E-state index is -0.474. The molecule has 0 atom stereocenters. The van der Waals surface area contributed by atoms with Gasteiger partial charge in [-0.15, -0.1) is 0 Å².